The van der Waals surface area contributed by atoms with Crippen molar-refractivity contribution < 1.29 is 33.5 Å². The number of nitrogens with zero attached hydrogens (tertiary/aromatic N) is 2. The number of rotatable bonds is 15. The van der Waals surface area contributed by atoms with Gasteiger partial charge in [0.15, 0.2) is 12.1 Å². The Morgan fingerprint density at radius 2 is 1.82 bits per heavy atom. The number of hydrogen-bond acceptors (Lipinski definition) is 9. The van der Waals surface area contributed by atoms with E-state index in [0.29, 0.717) is 22.6 Å². The third-order valence-corrected chi connectivity index (χ3v) is 6.97. The molecule has 0 bridgehead atoms. The van der Waals surface area contributed by atoms with Crippen molar-refractivity contribution in [2.45, 2.75) is 44.5 Å². The van der Waals surface area contributed by atoms with Crippen LogP contribution in [0.5, 0.6) is 5.75 Å². The molecule has 0 radical (unpaired) electrons. The molecule has 1 heterocycles. The Morgan fingerprint density at radius 1 is 1.07 bits per heavy atom. The number of Topliss-reactive ketones (excluding diaryl/α,β-unsaturated/α-hetero) is 1. The van der Waals surface area contributed by atoms with Crippen LogP contribution in [0.4, 0.5) is 0 Å². The van der Waals surface area contributed by atoms with Gasteiger partial charge >= 0.3 is 5.97 Å². The van der Waals surface area contributed by atoms with Crippen molar-refractivity contribution in [3.63, 3.8) is 0 Å². The molecular formula is C28H32N4O7S. The van der Waals surface area contributed by atoms with Crippen molar-refractivity contribution >= 4 is 35.3 Å². The standard InChI is InChI=1S/C28H32N4O7S/c1-17(2)26(32-24(34)12-20-11-19(9-10-23(20)38-3)28-29-16-30-39-28)27(37)31-21(13-25(35)36)22(33)15-40-14-18-7-5-4-6-8-18/h4-11,16-17,21,26H,12-15H2,1-3H3,(H,31,37)(H,32,34)(H,35,36)/t21?,26-/m0/s1. The number of carboxylic acid groups (broad SMARTS) is 1. The van der Waals surface area contributed by atoms with Gasteiger partial charge in [-0.3, -0.25) is 19.2 Å². The lowest BCUT2D eigenvalue weighted by Gasteiger charge is -2.25. The van der Waals surface area contributed by atoms with Gasteiger partial charge < -0.3 is 25.0 Å². The average molecular weight is 569 g/mol. The fourth-order valence-corrected chi connectivity index (χ4v) is 4.84. The zero-order valence-corrected chi connectivity index (χ0v) is 23.3. The number of methoxy groups -OCH3 is 1. The van der Waals surface area contributed by atoms with E-state index in [0.717, 1.165) is 5.56 Å². The molecule has 0 aliphatic heterocycles. The Kier molecular flexibility index (Phi) is 11.2. The Balaban J connectivity index is 1.65. The van der Waals surface area contributed by atoms with Crippen molar-refractivity contribution in [3.05, 3.63) is 66.0 Å². The van der Waals surface area contributed by atoms with Crippen molar-refractivity contribution in [3.8, 4) is 17.2 Å². The fraction of sp³-hybridized carbons (Fsp3) is 0.357. The number of benzene rings is 2. The van der Waals surface area contributed by atoms with Crippen molar-refractivity contribution in [1.29, 1.82) is 0 Å². The number of carbonyl (C=O) groups is 4. The molecule has 2 amide bonds. The first-order chi connectivity index (χ1) is 19.2. The van der Waals surface area contributed by atoms with E-state index in [-0.39, 0.29) is 24.0 Å². The van der Waals surface area contributed by atoms with E-state index in [1.165, 1.54) is 25.2 Å². The Bertz CT molecular complexity index is 1300. The maximum absolute atomic E-state index is 13.2. The first kappa shape index (κ1) is 30.4. The highest BCUT2D eigenvalue weighted by atomic mass is 32.2. The molecule has 3 rings (SSSR count). The number of ether oxygens (including phenoxy) is 1. The molecule has 0 spiro atoms. The summed E-state index contributed by atoms with van der Waals surface area (Å²) in [4.78, 5) is 54.5. The zero-order chi connectivity index (χ0) is 29.1. The third kappa shape index (κ3) is 8.94. The highest BCUT2D eigenvalue weighted by Gasteiger charge is 2.30. The molecule has 3 N–H and O–H groups in total. The highest BCUT2D eigenvalue weighted by molar-refractivity contribution is 7.99. The van der Waals surface area contributed by atoms with E-state index >= 15 is 0 Å². The van der Waals surface area contributed by atoms with Gasteiger partial charge in [-0.25, -0.2) is 0 Å². The SMILES string of the molecule is COc1ccc(-c2ncno2)cc1CC(=O)N[C@H](C(=O)NC(CC(=O)O)C(=O)CSCc1ccccc1)C(C)C. The molecule has 1 unspecified atom stereocenters. The summed E-state index contributed by atoms with van der Waals surface area (Å²) >= 11 is 1.34. The molecule has 1 aromatic heterocycles. The van der Waals surface area contributed by atoms with Crippen molar-refractivity contribution in [1.82, 2.24) is 20.8 Å². The minimum atomic E-state index is -1.22. The summed E-state index contributed by atoms with van der Waals surface area (Å²) in [6.45, 7) is 3.48. The normalized spacial score (nSPS) is 12.4. The van der Waals surface area contributed by atoms with Gasteiger partial charge in [0.1, 0.15) is 11.8 Å². The molecule has 2 aromatic carbocycles. The Labute approximate surface area is 236 Å². The smallest absolute Gasteiger partial charge is 0.305 e. The molecule has 0 saturated heterocycles. The molecule has 212 valence electrons. The number of aromatic nitrogens is 2. The summed E-state index contributed by atoms with van der Waals surface area (Å²) in [5.74, 6) is -1.73. The fourth-order valence-electron chi connectivity index (χ4n) is 3.91. The number of carbonyl (C=O) groups excluding carboxylic acids is 3. The van der Waals surface area contributed by atoms with Gasteiger partial charge in [0.05, 0.1) is 31.7 Å². The number of thioether (sulfide) groups is 1. The summed E-state index contributed by atoms with van der Waals surface area (Å²) in [6, 6.07) is 12.4. The topological polar surface area (TPSA) is 161 Å². The Morgan fingerprint density at radius 3 is 2.45 bits per heavy atom. The van der Waals surface area contributed by atoms with Gasteiger partial charge in [0, 0.05) is 16.9 Å². The molecular weight excluding hydrogens is 536 g/mol. The molecule has 0 aliphatic rings. The Hall–Kier alpha value is -4.19. The van der Waals surface area contributed by atoms with Crippen molar-refractivity contribution in [2.75, 3.05) is 12.9 Å². The number of hydrogen-bond donors (Lipinski definition) is 3. The molecule has 0 saturated carbocycles. The van der Waals surface area contributed by atoms with E-state index in [2.05, 4.69) is 20.8 Å². The average Bonchev–Trinajstić information content (AvgIpc) is 3.46. The second-order valence-electron chi connectivity index (χ2n) is 9.34. The maximum atomic E-state index is 13.2. The lowest BCUT2D eigenvalue weighted by molar-refractivity contribution is -0.140. The second kappa shape index (κ2) is 14.8. The van der Waals surface area contributed by atoms with Gasteiger partial charge in [-0.05, 0) is 29.7 Å². The van der Waals surface area contributed by atoms with Crippen LogP contribution >= 0.6 is 11.8 Å². The number of aliphatic carboxylic acids is 1. The van der Waals surface area contributed by atoms with Crippen LogP contribution in [0.2, 0.25) is 0 Å². The molecule has 2 atom stereocenters. The quantitative estimate of drug-likeness (QED) is 0.249. The van der Waals surface area contributed by atoms with Crippen LogP contribution in [-0.2, 0) is 31.4 Å². The maximum Gasteiger partial charge on any atom is 0.305 e. The number of amides is 2. The lowest BCUT2D eigenvalue weighted by Crippen LogP contribution is -2.54. The zero-order valence-electron chi connectivity index (χ0n) is 22.5. The van der Waals surface area contributed by atoms with E-state index < -0.39 is 42.1 Å². The predicted octanol–water partition coefficient (Wildman–Crippen LogP) is 2.89. The molecule has 11 nitrogen and oxygen atoms in total. The highest BCUT2D eigenvalue weighted by Crippen LogP contribution is 2.26. The van der Waals surface area contributed by atoms with E-state index in [1.807, 2.05) is 30.3 Å². The first-order valence-corrected chi connectivity index (χ1v) is 13.7. The van der Waals surface area contributed by atoms with Crippen LogP contribution < -0.4 is 15.4 Å². The summed E-state index contributed by atoms with van der Waals surface area (Å²) in [7, 11) is 1.48. The van der Waals surface area contributed by atoms with Crippen LogP contribution in [0, 0.1) is 5.92 Å². The molecule has 12 heteroatoms. The number of carboxylic acids is 1. The summed E-state index contributed by atoms with van der Waals surface area (Å²) in [5.41, 5.74) is 2.16. The first-order valence-electron chi connectivity index (χ1n) is 12.6. The summed E-state index contributed by atoms with van der Waals surface area (Å²) in [5, 5.41) is 18.2. The van der Waals surface area contributed by atoms with Gasteiger partial charge in [-0.1, -0.05) is 49.3 Å². The van der Waals surface area contributed by atoms with E-state index in [1.54, 1.807) is 32.0 Å². The monoisotopic (exact) mass is 568 g/mol. The van der Waals surface area contributed by atoms with Crippen molar-refractivity contribution in [2.24, 2.45) is 5.92 Å². The van der Waals surface area contributed by atoms with Crippen LogP contribution in [0.15, 0.2) is 59.4 Å². The van der Waals surface area contributed by atoms with E-state index in [4.69, 9.17) is 9.26 Å². The molecule has 0 aliphatic carbocycles. The van der Waals surface area contributed by atoms with Gasteiger partial charge in [0.2, 0.25) is 11.8 Å². The van der Waals surface area contributed by atoms with Gasteiger partial charge in [-0.15, -0.1) is 11.8 Å². The molecule has 0 fully saturated rings. The third-order valence-electron chi connectivity index (χ3n) is 5.95. The lowest BCUT2D eigenvalue weighted by atomic mass is 10.0. The van der Waals surface area contributed by atoms with Gasteiger partial charge in [-0.2, -0.15) is 4.98 Å². The molecule has 40 heavy (non-hydrogen) atoms. The number of nitrogens with one attached hydrogen (secondary N) is 2. The van der Waals surface area contributed by atoms with Crippen LogP contribution in [0.1, 0.15) is 31.4 Å². The second-order valence-corrected chi connectivity index (χ2v) is 10.3. The minimum absolute atomic E-state index is 0.0298. The molecule has 3 aromatic rings. The summed E-state index contributed by atoms with van der Waals surface area (Å²) in [6.07, 6.45) is 0.590. The number of ketones is 1. The van der Waals surface area contributed by atoms with Crippen LogP contribution in [0.3, 0.4) is 0 Å². The minimum Gasteiger partial charge on any atom is -0.496 e. The van der Waals surface area contributed by atoms with E-state index in [9.17, 15) is 24.3 Å². The van der Waals surface area contributed by atoms with Crippen LogP contribution in [0.25, 0.3) is 11.5 Å². The summed E-state index contributed by atoms with van der Waals surface area (Å²) < 4.78 is 10.5. The van der Waals surface area contributed by atoms with Gasteiger partial charge in [0.25, 0.3) is 5.89 Å². The largest absolute Gasteiger partial charge is 0.496 e. The predicted molar refractivity (Wildman–Crippen MR) is 149 cm³/mol. The van der Waals surface area contributed by atoms with Crippen LogP contribution in [-0.4, -0.2) is 63.8 Å².